The number of hydrogen-bond acceptors (Lipinski definition) is 6. The average molecular weight is 450 g/mol. The third-order valence-corrected chi connectivity index (χ3v) is 5.05. The Kier molecular flexibility index (Phi) is 6.39. The normalized spacial score (nSPS) is 10.9. The number of halogens is 2. The Morgan fingerprint density at radius 2 is 1.97 bits per heavy atom. The van der Waals surface area contributed by atoms with Crippen molar-refractivity contribution < 1.29 is 23.4 Å². The van der Waals surface area contributed by atoms with Crippen molar-refractivity contribution in [1.82, 2.24) is 15.0 Å². The third kappa shape index (κ3) is 4.72. The molecule has 2 N–H and O–H groups in total. The van der Waals surface area contributed by atoms with Crippen LogP contribution in [0, 0.1) is 11.6 Å². The summed E-state index contributed by atoms with van der Waals surface area (Å²) in [7, 11) is 0. The van der Waals surface area contributed by atoms with E-state index in [1.807, 2.05) is 0 Å². The monoisotopic (exact) mass is 450 g/mol. The summed E-state index contributed by atoms with van der Waals surface area (Å²) in [5, 5.41) is 12.6. The van der Waals surface area contributed by atoms with Crippen LogP contribution in [0.5, 0.6) is 5.75 Å². The van der Waals surface area contributed by atoms with Crippen LogP contribution in [-0.2, 0) is 6.42 Å². The lowest BCUT2D eigenvalue weighted by Gasteiger charge is -2.11. The van der Waals surface area contributed by atoms with Crippen molar-refractivity contribution in [3.05, 3.63) is 77.8 Å². The first kappa shape index (κ1) is 22.1. The molecular weight excluding hydrogens is 430 g/mol. The summed E-state index contributed by atoms with van der Waals surface area (Å²) < 4.78 is 34.6. The van der Waals surface area contributed by atoms with Gasteiger partial charge in [-0.2, -0.15) is 0 Å². The van der Waals surface area contributed by atoms with Gasteiger partial charge in [0.2, 0.25) is 0 Å². The van der Waals surface area contributed by atoms with E-state index in [1.165, 1.54) is 24.7 Å². The number of rotatable bonds is 8. The first-order valence-corrected chi connectivity index (χ1v) is 10.3. The molecule has 0 aliphatic rings. The smallest absolute Gasteiger partial charge is 0.339 e. The zero-order valence-corrected chi connectivity index (χ0v) is 17.7. The summed E-state index contributed by atoms with van der Waals surface area (Å²) in [6.07, 6.45) is 2.94. The van der Waals surface area contributed by atoms with E-state index < -0.39 is 17.6 Å². The van der Waals surface area contributed by atoms with Crippen LogP contribution >= 0.6 is 0 Å². The van der Waals surface area contributed by atoms with Gasteiger partial charge in [0.25, 0.3) is 0 Å². The molecule has 7 nitrogen and oxygen atoms in total. The lowest BCUT2D eigenvalue weighted by molar-refractivity contribution is 0.0692. The SMILES string of the molecule is CCOc1cc(-c2cc(NCCc3c(F)cc4ncccc4c3F)ncn2)ccc1C(=O)O. The molecule has 0 saturated heterocycles. The van der Waals surface area contributed by atoms with E-state index in [1.54, 1.807) is 37.3 Å². The fourth-order valence-electron chi connectivity index (χ4n) is 3.48. The van der Waals surface area contributed by atoms with Crippen LogP contribution in [0.3, 0.4) is 0 Å². The molecule has 4 aromatic rings. The fourth-order valence-corrected chi connectivity index (χ4v) is 3.48. The van der Waals surface area contributed by atoms with E-state index >= 15 is 0 Å². The lowest BCUT2D eigenvalue weighted by Crippen LogP contribution is -2.09. The molecular formula is C24H20F2N4O3. The quantitative estimate of drug-likeness (QED) is 0.401. The van der Waals surface area contributed by atoms with Gasteiger partial charge in [0.1, 0.15) is 35.1 Å². The molecule has 9 heteroatoms. The fraction of sp³-hybridized carbons (Fsp3) is 0.167. The van der Waals surface area contributed by atoms with Crippen molar-refractivity contribution in [1.29, 1.82) is 0 Å². The van der Waals surface area contributed by atoms with Crippen LogP contribution in [0.4, 0.5) is 14.6 Å². The first-order chi connectivity index (χ1) is 16.0. The predicted octanol–water partition coefficient (Wildman–Crippen LogP) is 4.72. The minimum absolute atomic E-state index is 0.0251. The highest BCUT2D eigenvalue weighted by Gasteiger charge is 2.15. The lowest BCUT2D eigenvalue weighted by atomic mass is 10.1. The second-order valence-corrected chi connectivity index (χ2v) is 7.14. The number of carbonyl (C=O) groups is 1. The number of ether oxygens (including phenoxy) is 1. The van der Waals surface area contributed by atoms with E-state index in [2.05, 4.69) is 20.3 Å². The van der Waals surface area contributed by atoms with Crippen LogP contribution < -0.4 is 10.1 Å². The average Bonchev–Trinajstić information content (AvgIpc) is 2.81. The number of pyridine rings is 1. The highest BCUT2D eigenvalue weighted by Crippen LogP contribution is 2.28. The number of anilines is 1. The van der Waals surface area contributed by atoms with Gasteiger partial charge < -0.3 is 15.2 Å². The molecule has 0 saturated carbocycles. The predicted molar refractivity (Wildman–Crippen MR) is 119 cm³/mol. The Morgan fingerprint density at radius 1 is 1.12 bits per heavy atom. The number of hydrogen-bond donors (Lipinski definition) is 2. The topological polar surface area (TPSA) is 97.2 Å². The molecule has 0 spiro atoms. The molecule has 0 atom stereocenters. The zero-order valence-electron chi connectivity index (χ0n) is 17.7. The summed E-state index contributed by atoms with van der Waals surface area (Å²) in [4.78, 5) is 23.8. The van der Waals surface area contributed by atoms with E-state index in [4.69, 9.17) is 4.74 Å². The standard InChI is InChI=1S/C24H20F2N4O3/c1-2-33-21-10-14(5-6-17(21)24(31)32)19-12-22(30-13-29-19)28-9-7-15-18(25)11-20-16(23(15)26)4-3-8-27-20/h3-6,8,10-13H,2,7,9H2,1H3,(H,31,32)(H,28,29,30). The molecule has 168 valence electrons. The largest absolute Gasteiger partial charge is 0.493 e. The Morgan fingerprint density at radius 3 is 2.76 bits per heavy atom. The molecule has 0 amide bonds. The second kappa shape index (κ2) is 9.56. The summed E-state index contributed by atoms with van der Waals surface area (Å²) in [6.45, 7) is 2.32. The third-order valence-electron chi connectivity index (χ3n) is 5.05. The van der Waals surface area contributed by atoms with Gasteiger partial charge in [0.15, 0.2) is 0 Å². The van der Waals surface area contributed by atoms with Gasteiger partial charge in [-0.1, -0.05) is 6.07 Å². The molecule has 0 radical (unpaired) electrons. The Balaban J connectivity index is 1.51. The van der Waals surface area contributed by atoms with Gasteiger partial charge in [0.05, 0.1) is 17.8 Å². The van der Waals surface area contributed by atoms with Gasteiger partial charge >= 0.3 is 5.97 Å². The number of nitrogens with one attached hydrogen (secondary N) is 1. The number of benzene rings is 2. The van der Waals surface area contributed by atoms with E-state index in [9.17, 15) is 18.7 Å². The molecule has 0 aliphatic heterocycles. The molecule has 0 aliphatic carbocycles. The van der Waals surface area contributed by atoms with E-state index in [-0.39, 0.29) is 40.7 Å². The molecule has 2 heterocycles. The minimum Gasteiger partial charge on any atom is -0.493 e. The zero-order chi connectivity index (χ0) is 23.4. The van der Waals surface area contributed by atoms with Crippen LogP contribution in [0.1, 0.15) is 22.8 Å². The molecule has 33 heavy (non-hydrogen) atoms. The second-order valence-electron chi connectivity index (χ2n) is 7.14. The summed E-state index contributed by atoms with van der Waals surface area (Å²) in [6, 6.07) is 10.8. The maximum absolute atomic E-state index is 14.7. The van der Waals surface area contributed by atoms with Gasteiger partial charge in [-0.15, -0.1) is 0 Å². The molecule has 0 unspecified atom stereocenters. The summed E-state index contributed by atoms with van der Waals surface area (Å²) in [5.74, 6) is -1.65. The van der Waals surface area contributed by atoms with Crippen molar-refractivity contribution >= 4 is 22.7 Å². The van der Waals surface area contributed by atoms with Crippen molar-refractivity contribution in [3.8, 4) is 17.0 Å². The number of aromatic nitrogens is 3. The highest BCUT2D eigenvalue weighted by molar-refractivity contribution is 5.92. The van der Waals surface area contributed by atoms with E-state index in [0.717, 1.165) is 0 Å². The van der Waals surface area contributed by atoms with Crippen LogP contribution in [0.15, 0.2) is 55.0 Å². The highest BCUT2D eigenvalue weighted by atomic mass is 19.1. The minimum atomic E-state index is -1.08. The van der Waals surface area contributed by atoms with Crippen LogP contribution in [-0.4, -0.2) is 39.2 Å². The molecule has 0 fully saturated rings. The van der Waals surface area contributed by atoms with Crippen LogP contribution in [0.25, 0.3) is 22.2 Å². The molecule has 2 aromatic heterocycles. The van der Waals surface area contributed by atoms with Crippen LogP contribution in [0.2, 0.25) is 0 Å². The maximum Gasteiger partial charge on any atom is 0.339 e. The first-order valence-electron chi connectivity index (χ1n) is 10.3. The molecule has 4 rings (SSSR count). The Labute approximate surface area is 188 Å². The number of carboxylic acid groups (broad SMARTS) is 1. The van der Waals surface area contributed by atoms with Crippen molar-refractivity contribution in [2.75, 3.05) is 18.5 Å². The van der Waals surface area contributed by atoms with Gasteiger partial charge in [-0.3, -0.25) is 4.98 Å². The summed E-state index contributed by atoms with van der Waals surface area (Å²) in [5.41, 5.74) is 1.49. The van der Waals surface area contributed by atoms with Gasteiger partial charge in [0, 0.05) is 41.4 Å². The molecule has 0 bridgehead atoms. The number of carboxylic acids is 1. The van der Waals surface area contributed by atoms with Crippen molar-refractivity contribution in [3.63, 3.8) is 0 Å². The van der Waals surface area contributed by atoms with Gasteiger partial charge in [-0.05, 0) is 37.6 Å². The van der Waals surface area contributed by atoms with E-state index in [0.29, 0.717) is 23.7 Å². The van der Waals surface area contributed by atoms with Crippen molar-refractivity contribution in [2.45, 2.75) is 13.3 Å². The molecule has 2 aromatic carbocycles. The van der Waals surface area contributed by atoms with Crippen molar-refractivity contribution in [2.24, 2.45) is 0 Å². The Hall–Kier alpha value is -4.14. The maximum atomic E-state index is 14.7. The number of nitrogens with zero attached hydrogens (tertiary/aromatic N) is 3. The Bertz CT molecular complexity index is 1330. The number of aromatic carboxylic acids is 1. The summed E-state index contributed by atoms with van der Waals surface area (Å²) >= 11 is 0. The number of fused-ring (bicyclic) bond motifs is 1. The van der Waals surface area contributed by atoms with Gasteiger partial charge in [-0.25, -0.2) is 23.5 Å².